The smallest absolute Gasteiger partial charge is 0.115 e. The summed E-state index contributed by atoms with van der Waals surface area (Å²) < 4.78 is 0. The molecule has 18 heavy (non-hydrogen) atoms. The van der Waals surface area contributed by atoms with Crippen LogP contribution in [0.5, 0.6) is 23.0 Å². The monoisotopic (exact) mass is 250 g/mol. The predicted octanol–water partition coefficient (Wildman–Crippen LogP) is 3.22. The molecule has 0 radical (unpaired) electrons. The molecule has 0 unspecified atom stereocenters. The van der Waals surface area contributed by atoms with Crippen molar-refractivity contribution in [1.82, 2.24) is 0 Å². The zero-order chi connectivity index (χ0) is 14.0. The Labute approximate surface area is 106 Å². The summed E-state index contributed by atoms with van der Waals surface area (Å²) in [6.07, 6.45) is 0. The van der Waals surface area contributed by atoms with Crippen molar-refractivity contribution in [3.63, 3.8) is 0 Å². The van der Waals surface area contributed by atoms with Gasteiger partial charge in [-0.05, 0) is 48.5 Å². The molecule has 0 heterocycles. The van der Waals surface area contributed by atoms with E-state index in [1.54, 1.807) is 0 Å². The van der Waals surface area contributed by atoms with Crippen LogP contribution in [-0.4, -0.2) is 20.4 Å². The van der Waals surface area contributed by atoms with Gasteiger partial charge in [-0.25, -0.2) is 0 Å². The fourth-order valence-corrected chi connectivity index (χ4v) is 0.905. The second-order valence-corrected chi connectivity index (χ2v) is 3.03. The summed E-state index contributed by atoms with van der Waals surface area (Å²) in [6.45, 7) is 4.00. The standard InChI is InChI=1S/2C6H6O2.C2H6/c2*7-5-1-2-6(8)4-3-5;1-2/h2*1-4,7-8H;1-2H3. The zero-order valence-electron chi connectivity index (χ0n) is 10.4. The molecule has 2 aromatic carbocycles. The third-order valence-electron chi connectivity index (χ3n) is 1.70. The Morgan fingerprint density at radius 1 is 0.444 bits per heavy atom. The summed E-state index contributed by atoms with van der Waals surface area (Å²) >= 11 is 0. The minimum absolute atomic E-state index is 0.169. The first-order valence-corrected chi connectivity index (χ1v) is 5.54. The Kier molecular flexibility index (Phi) is 7.61. The molecule has 0 atom stereocenters. The van der Waals surface area contributed by atoms with E-state index in [9.17, 15) is 0 Å². The maximum Gasteiger partial charge on any atom is 0.115 e. The molecule has 0 saturated heterocycles. The molecule has 2 rings (SSSR count). The van der Waals surface area contributed by atoms with Gasteiger partial charge in [0.1, 0.15) is 23.0 Å². The molecule has 4 heteroatoms. The average Bonchev–Trinajstić information content (AvgIpc) is 2.40. The quantitative estimate of drug-likeness (QED) is 0.541. The second-order valence-electron chi connectivity index (χ2n) is 3.03. The molecule has 4 nitrogen and oxygen atoms in total. The lowest BCUT2D eigenvalue weighted by atomic mass is 10.3. The van der Waals surface area contributed by atoms with Crippen molar-refractivity contribution in [3.05, 3.63) is 48.5 Å². The first-order chi connectivity index (χ1) is 8.58. The van der Waals surface area contributed by atoms with E-state index in [0.717, 1.165) is 0 Å². The molecule has 4 N–H and O–H groups in total. The Hall–Kier alpha value is -2.36. The van der Waals surface area contributed by atoms with E-state index >= 15 is 0 Å². The van der Waals surface area contributed by atoms with E-state index in [-0.39, 0.29) is 23.0 Å². The maximum absolute atomic E-state index is 8.65. The van der Waals surface area contributed by atoms with Crippen LogP contribution in [0.25, 0.3) is 0 Å². The minimum atomic E-state index is 0.169. The van der Waals surface area contributed by atoms with Gasteiger partial charge in [0.25, 0.3) is 0 Å². The molecule has 0 aliphatic carbocycles. The van der Waals surface area contributed by atoms with Crippen molar-refractivity contribution in [2.45, 2.75) is 13.8 Å². The lowest BCUT2D eigenvalue weighted by Crippen LogP contribution is -1.61. The van der Waals surface area contributed by atoms with Crippen LogP contribution in [0.15, 0.2) is 48.5 Å². The number of phenols is 4. The Balaban J connectivity index is 0.000000283. The van der Waals surface area contributed by atoms with E-state index in [0.29, 0.717) is 0 Å². The van der Waals surface area contributed by atoms with E-state index in [1.807, 2.05) is 13.8 Å². The molecule has 0 aliphatic heterocycles. The van der Waals surface area contributed by atoms with Crippen LogP contribution in [0.3, 0.4) is 0 Å². The highest BCUT2D eigenvalue weighted by atomic mass is 16.3. The van der Waals surface area contributed by atoms with Gasteiger partial charge >= 0.3 is 0 Å². The minimum Gasteiger partial charge on any atom is -0.508 e. The molecule has 0 amide bonds. The third-order valence-corrected chi connectivity index (χ3v) is 1.70. The van der Waals surface area contributed by atoms with Crippen LogP contribution in [0, 0.1) is 0 Å². The van der Waals surface area contributed by atoms with Gasteiger partial charge in [0.05, 0.1) is 0 Å². The molecule has 0 fully saturated rings. The molecule has 0 bridgehead atoms. The molecule has 2 aromatic rings. The molecule has 98 valence electrons. The van der Waals surface area contributed by atoms with Gasteiger partial charge in [0, 0.05) is 0 Å². The Morgan fingerprint density at radius 2 is 0.556 bits per heavy atom. The molecule has 0 aromatic heterocycles. The average molecular weight is 250 g/mol. The summed E-state index contributed by atoms with van der Waals surface area (Å²) in [5, 5.41) is 34.6. The van der Waals surface area contributed by atoms with Crippen molar-refractivity contribution in [1.29, 1.82) is 0 Å². The van der Waals surface area contributed by atoms with Crippen molar-refractivity contribution in [2.24, 2.45) is 0 Å². The van der Waals surface area contributed by atoms with Gasteiger partial charge in [-0.15, -0.1) is 0 Å². The highest BCUT2D eigenvalue weighted by molar-refractivity contribution is 5.29. The molecule has 0 saturated carbocycles. The van der Waals surface area contributed by atoms with E-state index in [4.69, 9.17) is 20.4 Å². The van der Waals surface area contributed by atoms with Crippen LogP contribution in [0.4, 0.5) is 0 Å². The van der Waals surface area contributed by atoms with Gasteiger partial charge in [0.15, 0.2) is 0 Å². The van der Waals surface area contributed by atoms with Gasteiger partial charge in [-0.1, -0.05) is 13.8 Å². The highest BCUT2D eigenvalue weighted by Crippen LogP contribution is 2.13. The van der Waals surface area contributed by atoms with E-state index < -0.39 is 0 Å². The summed E-state index contributed by atoms with van der Waals surface area (Å²) in [4.78, 5) is 0. The first kappa shape index (κ1) is 15.6. The van der Waals surface area contributed by atoms with E-state index in [1.165, 1.54) is 48.5 Å². The second kappa shape index (κ2) is 8.75. The number of hydrogen-bond acceptors (Lipinski definition) is 4. The third kappa shape index (κ3) is 7.00. The maximum atomic E-state index is 8.65. The van der Waals surface area contributed by atoms with E-state index in [2.05, 4.69) is 0 Å². The first-order valence-electron chi connectivity index (χ1n) is 5.54. The van der Waals surface area contributed by atoms with Crippen molar-refractivity contribution < 1.29 is 20.4 Å². The van der Waals surface area contributed by atoms with Gasteiger partial charge in [-0.3, -0.25) is 0 Å². The number of rotatable bonds is 0. The topological polar surface area (TPSA) is 80.9 Å². The predicted molar refractivity (Wildman–Crippen MR) is 70.9 cm³/mol. The van der Waals surface area contributed by atoms with Crippen LogP contribution in [0.2, 0.25) is 0 Å². The summed E-state index contributed by atoms with van der Waals surface area (Å²) in [5.41, 5.74) is 0. The SMILES string of the molecule is CC.Oc1ccc(O)cc1.Oc1ccc(O)cc1. The summed E-state index contributed by atoms with van der Waals surface area (Å²) in [6, 6.07) is 11.4. The van der Waals surface area contributed by atoms with Gasteiger partial charge < -0.3 is 20.4 Å². The van der Waals surface area contributed by atoms with Crippen molar-refractivity contribution in [2.75, 3.05) is 0 Å². The van der Waals surface area contributed by atoms with Crippen LogP contribution >= 0.6 is 0 Å². The van der Waals surface area contributed by atoms with Crippen LogP contribution in [0.1, 0.15) is 13.8 Å². The lowest BCUT2D eigenvalue weighted by Gasteiger charge is -1.88. The van der Waals surface area contributed by atoms with Crippen LogP contribution < -0.4 is 0 Å². The molecular weight excluding hydrogens is 232 g/mol. The van der Waals surface area contributed by atoms with Gasteiger partial charge in [-0.2, -0.15) is 0 Å². The molecular formula is C14H18O4. The normalized spacial score (nSPS) is 8.33. The molecule has 0 aliphatic rings. The molecule has 0 spiro atoms. The Bertz CT molecular complexity index is 335. The van der Waals surface area contributed by atoms with Crippen LogP contribution in [-0.2, 0) is 0 Å². The number of phenolic OH excluding ortho intramolecular Hbond substituents is 4. The largest absolute Gasteiger partial charge is 0.508 e. The number of hydrogen-bond donors (Lipinski definition) is 4. The zero-order valence-corrected chi connectivity index (χ0v) is 10.4. The fourth-order valence-electron chi connectivity index (χ4n) is 0.905. The fraction of sp³-hybridized carbons (Fsp3) is 0.143. The summed E-state index contributed by atoms with van der Waals surface area (Å²) in [7, 11) is 0. The van der Waals surface area contributed by atoms with Crippen molar-refractivity contribution in [3.8, 4) is 23.0 Å². The van der Waals surface area contributed by atoms with Gasteiger partial charge in [0.2, 0.25) is 0 Å². The Morgan fingerprint density at radius 3 is 0.667 bits per heavy atom. The summed E-state index contributed by atoms with van der Waals surface area (Å²) in [5.74, 6) is 0.677. The van der Waals surface area contributed by atoms with Crippen molar-refractivity contribution >= 4 is 0 Å². The number of benzene rings is 2. The highest BCUT2D eigenvalue weighted by Gasteiger charge is 1.84. The number of aromatic hydroxyl groups is 4. The lowest BCUT2D eigenvalue weighted by molar-refractivity contribution is 0.460.